The number of aromatic carboxylic acids is 1. The molecule has 5 heteroatoms. The van der Waals surface area contributed by atoms with Gasteiger partial charge in [-0.3, -0.25) is 0 Å². The molecule has 12 heavy (non-hydrogen) atoms. The van der Waals surface area contributed by atoms with E-state index in [0.29, 0.717) is 11.5 Å². The summed E-state index contributed by atoms with van der Waals surface area (Å²) in [7, 11) is 0. The summed E-state index contributed by atoms with van der Waals surface area (Å²) in [5.74, 6) is 0.309. The molecular weight excluding hydrogens is 357 g/mol. The Morgan fingerprint density at radius 3 is 2.83 bits per heavy atom. The number of carboxylic acids is 1. The Kier molecular flexibility index (Phi) is 1.89. The van der Waals surface area contributed by atoms with E-state index in [1.54, 1.807) is 6.07 Å². The third-order valence-corrected chi connectivity index (χ3v) is 3.57. The first-order valence-electron chi connectivity index (χ1n) is 3.19. The minimum atomic E-state index is -1.28. The van der Waals surface area contributed by atoms with Crippen molar-refractivity contribution in [3.63, 3.8) is 0 Å². The molecule has 1 aromatic carbocycles. The summed E-state index contributed by atoms with van der Waals surface area (Å²) in [6, 6.07) is 4.64. The van der Waals surface area contributed by atoms with Crippen molar-refractivity contribution in [3.05, 3.63) is 23.8 Å². The summed E-state index contributed by atoms with van der Waals surface area (Å²) in [6.07, 6.45) is 0. The molecule has 0 unspecified atom stereocenters. The second-order valence-electron chi connectivity index (χ2n) is 2.22. The molecular formula is C7H4BiO4. The summed E-state index contributed by atoms with van der Waals surface area (Å²) >= 11 is -1.28. The van der Waals surface area contributed by atoms with Gasteiger partial charge in [0.1, 0.15) is 0 Å². The molecule has 0 aliphatic carbocycles. The zero-order chi connectivity index (χ0) is 8.55. The first kappa shape index (κ1) is 7.80. The van der Waals surface area contributed by atoms with Gasteiger partial charge in [0, 0.05) is 0 Å². The molecule has 0 bridgehead atoms. The minimum absolute atomic E-state index is 0.237. The summed E-state index contributed by atoms with van der Waals surface area (Å²) in [5.41, 5.74) is 0.237. The molecule has 0 saturated heterocycles. The standard InChI is InChI=1S/C7H6O4.Bi/c8-5-2-1-4(7(10)11)3-6(5)9;/h1-3,8-9H,(H,10,11);/q;+2/p-2. The van der Waals surface area contributed by atoms with Gasteiger partial charge in [0.05, 0.1) is 0 Å². The van der Waals surface area contributed by atoms with Crippen LogP contribution >= 0.6 is 0 Å². The molecule has 2 rings (SSSR count). The van der Waals surface area contributed by atoms with E-state index in [4.69, 9.17) is 10.7 Å². The van der Waals surface area contributed by atoms with Gasteiger partial charge in [-0.2, -0.15) is 0 Å². The normalized spacial score (nSPS) is 13.0. The molecule has 0 amide bonds. The number of fused-ring (bicyclic) bond motifs is 1. The van der Waals surface area contributed by atoms with Crippen LogP contribution in [-0.2, 0) is 0 Å². The number of hydrogen-bond acceptors (Lipinski definition) is 3. The number of hydrogen-bond donors (Lipinski definition) is 1. The van der Waals surface area contributed by atoms with Crippen LogP contribution in [0.2, 0.25) is 0 Å². The number of benzene rings is 1. The van der Waals surface area contributed by atoms with E-state index in [0.717, 1.165) is 0 Å². The predicted octanol–water partition coefficient (Wildman–Crippen LogP) is 0.690. The van der Waals surface area contributed by atoms with Crippen molar-refractivity contribution < 1.29 is 15.5 Å². The van der Waals surface area contributed by atoms with E-state index >= 15 is 0 Å². The molecule has 0 fully saturated rings. The third kappa shape index (κ3) is 1.25. The summed E-state index contributed by atoms with van der Waals surface area (Å²) < 4.78 is 10.4. The van der Waals surface area contributed by atoms with Crippen LogP contribution in [-0.4, -0.2) is 35.2 Å². The number of carbonyl (C=O) groups is 1. The summed E-state index contributed by atoms with van der Waals surface area (Å²) in [5, 5.41) is 8.63. The molecule has 0 saturated carbocycles. The van der Waals surface area contributed by atoms with E-state index in [1.165, 1.54) is 12.1 Å². The topological polar surface area (TPSA) is 55.8 Å². The molecule has 1 N–H and O–H groups in total. The molecule has 1 aromatic rings. The van der Waals surface area contributed by atoms with Crippen LogP contribution in [0.15, 0.2) is 18.2 Å². The molecule has 0 spiro atoms. The van der Waals surface area contributed by atoms with Crippen molar-refractivity contribution in [3.8, 4) is 11.5 Å². The van der Waals surface area contributed by atoms with Crippen LogP contribution in [0.1, 0.15) is 10.4 Å². The zero-order valence-corrected chi connectivity index (χ0v) is 9.33. The number of carboxylic acid groups (broad SMARTS) is 1. The van der Waals surface area contributed by atoms with Crippen molar-refractivity contribution in [1.29, 1.82) is 0 Å². The van der Waals surface area contributed by atoms with Gasteiger partial charge in [0.15, 0.2) is 0 Å². The third-order valence-electron chi connectivity index (χ3n) is 1.46. The van der Waals surface area contributed by atoms with E-state index in [9.17, 15) is 4.79 Å². The predicted molar refractivity (Wildman–Crippen MR) is 40.4 cm³/mol. The van der Waals surface area contributed by atoms with Gasteiger partial charge < -0.3 is 0 Å². The molecule has 4 nitrogen and oxygen atoms in total. The van der Waals surface area contributed by atoms with Crippen molar-refractivity contribution in [2.24, 2.45) is 0 Å². The van der Waals surface area contributed by atoms with Gasteiger partial charge in [-0.05, 0) is 0 Å². The SMILES string of the molecule is O=C(O)c1ccc2c(c1)[O][Bi][O]2. The first-order valence-corrected chi connectivity index (χ1v) is 6.03. The summed E-state index contributed by atoms with van der Waals surface area (Å²) in [4.78, 5) is 10.5. The average Bonchev–Trinajstić information content (AvgIpc) is 2.49. The fourth-order valence-electron chi connectivity index (χ4n) is 0.887. The van der Waals surface area contributed by atoms with Gasteiger partial charge in [-0.25, -0.2) is 0 Å². The maximum atomic E-state index is 10.5. The molecule has 61 valence electrons. The Hall–Kier alpha value is -0.827. The average molecular weight is 361 g/mol. The van der Waals surface area contributed by atoms with Gasteiger partial charge in [-0.15, -0.1) is 0 Å². The van der Waals surface area contributed by atoms with Crippen LogP contribution in [0.5, 0.6) is 11.5 Å². The molecule has 1 aliphatic heterocycles. The molecule has 0 atom stereocenters. The Morgan fingerprint density at radius 1 is 1.33 bits per heavy atom. The molecule has 0 aromatic heterocycles. The fraction of sp³-hybridized carbons (Fsp3) is 0. The molecule has 1 aliphatic rings. The first-order chi connectivity index (χ1) is 5.77. The molecule has 1 radical (unpaired) electrons. The Labute approximate surface area is 80.9 Å². The van der Waals surface area contributed by atoms with E-state index in [1.807, 2.05) is 0 Å². The monoisotopic (exact) mass is 361 g/mol. The van der Waals surface area contributed by atoms with Crippen molar-refractivity contribution in [2.75, 3.05) is 0 Å². The Morgan fingerprint density at radius 2 is 2.08 bits per heavy atom. The van der Waals surface area contributed by atoms with Gasteiger partial charge in [0.25, 0.3) is 0 Å². The van der Waals surface area contributed by atoms with Crippen molar-refractivity contribution in [1.82, 2.24) is 0 Å². The molecule has 1 heterocycles. The van der Waals surface area contributed by atoms with Crippen LogP contribution in [0.3, 0.4) is 0 Å². The summed E-state index contributed by atoms with van der Waals surface area (Å²) in [6.45, 7) is 0. The zero-order valence-electron chi connectivity index (χ0n) is 5.85. The van der Waals surface area contributed by atoms with E-state index < -0.39 is 30.1 Å². The van der Waals surface area contributed by atoms with Crippen LogP contribution in [0.25, 0.3) is 0 Å². The van der Waals surface area contributed by atoms with Crippen LogP contribution in [0.4, 0.5) is 0 Å². The van der Waals surface area contributed by atoms with Crippen molar-refractivity contribution >= 4 is 30.1 Å². The second kappa shape index (κ2) is 2.90. The van der Waals surface area contributed by atoms with Gasteiger partial charge in [0.2, 0.25) is 0 Å². The number of rotatable bonds is 1. The van der Waals surface area contributed by atoms with E-state index in [-0.39, 0.29) is 5.56 Å². The van der Waals surface area contributed by atoms with Crippen molar-refractivity contribution in [2.45, 2.75) is 0 Å². The van der Waals surface area contributed by atoms with Crippen LogP contribution < -0.4 is 5.63 Å². The van der Waals surface area contributed by atoms with Crippen LogP contribution in [0, 0.1) is 0 Å². The Balaban J connectivity index is 2.45. The maximum absolute atomic E-state index is 10.5. The quantitative estimate of drug-likeness (QED) is 0.748. The van der Waals surface area contributed by atoms with Gasteiger partial charge >= 0.3 is 80.9 Å². The second-order valence-corrected chi connectivity index (χ2v) is 4.22. The Bertz CT molecular complexity index is 336. The van der Waals surface area contributed by atoms with E-state index in [2.05, 4.69) is 0 Å². The van der Waals surface area contributed by atoms with Gasteiger partial charge in [-0.1, -0.05) is 0 Å². The fourth-order valence-corrected chi connectivity index (χ4v) is 2.80.